The lowest BCUT2D eigenvalue weighted by molar-refractivity contribution is 0.369. The number of nitrogens with one attached hydrogen (secondary N) is 2. The first-order valence-corrected chi connectivity index (χ1v) is 13.6. The second-order valence-electron chi connectivity index (χ2n) is 10.4. The van der Waals surface area contributed by atoms with Crippen molar-refractivity contribution in [2.75, 3.05) is 20.7 Å². The minimum atomic E-state index is 0.791. The van der Waals surface area contributed by atoms with E-state index in [9.17, 15) is 0 Å². The molecule has 4 rings (SSSR count). The lowest BCUT2D eigenvalue weighted by atomic mass is 9.92. The summed E-state index contributed by atoms with van der Waals surface area (Å²) in [5.74, 6) is 3.81. The minimum Gasteiger partial charge on any atom is -0.497 e. The van der Waals surface area contributed by atoms with Gasteiger partial charge in [-0.2, -0.15) is 0 Å². The van der Waals surface area contributed by atoms with E-state index in [-0.39, 0.29) is 0 Å². The fraction of sp³-hybridized carbons (Fsp3) is 0.469. The maximum Gasteiger partial charge on any atom is 0.119 e. The Bertz CT molecular complexity index is 990. The van der Waals surface area contributed by atoms with Crippen LogP contribution >= 0.6 is 0 Å². The summed E-state index contributed by atoms with van der Waals surface area (Å²) in [6.45, 7) is 7.63. The van der Waals surface area contributed by atoms with Crippen molar-refractivity contribution >= 4 is 0 Å². The molecule has 1 heterocycles. The smallest absolute Gasteiger partial charge is 0.119 e. The van der Waals surface area contributed by atoms with E-state index in [1.165, 1.54) is 49.8 Å². The topological polar surface area (TPSA) is 46.2 Å². The Labute approximate surface area is 218 Å². The van der Waals surface area contributed by atoms with Crippen LogP contribution in [0.1, 0.15) is 57.1 Å². The standard InChI is InChI=1S/C20H20N2O.C12H25N/c1-23-19-9-5-6-16(12-19)13-21-14-17-10-11-20(22-15-17)18-7-3-2-4-8-18;1-10-4-5-12(6-7-13-3)9-11(2)8-10/h2-12,15,21H,13-14H2,1H3;10-13H,4-9H2,1-3H3/t;10?,11-,12?/m.1/s1. The summed E-state index contributed by atoms with van der Waals surface area (Å²) < 4.78 is 5.24. The molecule has 1 fully saturated rings. The highest BCUT2D eigenvalue weighted by Gasteiger charge is 2.20. The van der Waals surface area contributed by atoms with Crippen molar-refractivity contribution < 1.29 is 4.74 Å². The van der Waals surface area contributed by atoms with Crippen LogP contribution in [0.5, 0.6) is 5.75 Å². The number of hydrogen-bond acceptors (Lipinski definition) is 4. The van der Waals surface area contributed by atoms with Crippen LogP contribution in [-0.4, -0.2) is 25.7 Å². The van der Waals surface area contributed by atoms with Crippen LogP contribution in [0.2, 0.25) is 0 Å². The number of pyridine rings is 1. The highest BCUT2D eigenvalue weighted by atomic mass is 16.5. The zero-order valence-corrected chi connectivity index (χ0v) is 22.7. The molecule has 1 aliphatic rings. The van der Waals surface area contributed by atoms with Crippen LogP contribution in [0.15, 0.2) is 72.9 Å². The molecule has 4 heteroatoms. The highest BCUT2D eigenvalue weighted by molar-refractivity contribution is 5.58. The van der Waals surface area contributed by atoms with Crippen molar-refractivity contribution in [1.82, 2.24) is 15.6 Å². The minimum absolute atomic E-state index is 0.791. The van der Waals surface area contributed by atoms with Crippen molar-refractivity contribution in [2.24, 2.45) is 17.8 Å². The second kappa shape index (κ2) is 15.4. The summed E-state index contributed by atoms with van der Waals surface area (Å²) in [5, 5.41) is 6.69. The molecule has 3 aromatic rings. The van der Waals surface area contributed by atoms with Gasteiger partial charge in [-0.05, 0) is 79.9 Å². The predicted octanol–water partition coefficient (Wildman–Crippen LogP) is 7.11. The van der Waals surface area contributed by atoms with Crippen LogP contribution in [0.3, 0.4) is 0 Å². The number of aromatic nitrogens is 1. The number of methoxy groups -OCH3 is 1. The first-order chi connectivity index (χ1) is 17.6. The predicted molar refractivity (Wildman–Crippen MR) is 152 cm³/mol. The monoisotopic (exact) mass is 487 g/mol. The third-order valence-electron chi connectivity index (χ3n) is 7.10. The summed E-state index contributed by atoms with van der Waals surface area (Å²) in [6, 6.07) is 22.5. The van der Waals surface area contributed by atoms with Crippen LogP contribution < -0.4 is 15.4 Å². The van der Waals surface area contributed by atoms with Crippen molar-refractivity contribution in [3.8, 4) is 17.0 Å². The van der Waals surface area contributed by atoms with E-state index >= 15 is 0 Å². The van der Waals surface area contributed by atoms with Gasteiger partial charge in [0.2, 0.25) is 0 Å². The molecule has 0 bridgehead atoms. The van der Waals surface area contributed by atoms with E-state index in [4.69, 9.17) is 4.74 Å². The van der Waals surface area contributed by atoms with Gasteiger partial charge in [0.05, 0.1) is 12.8 Å². The average Bonchev–Trinajstić information content (AvgIpc) is 3.08. The van der Waals surface area contributed by atoms with Gasteiger partial charge in [-0.1, -0.05) is 75.2 Å². The van der Waals surface area contributed by atoms with Crippen molar-refractivity contribution in [2.45, 2.75) is 59.0 Å². The molecule has 2 unspecified atom stereocenters. The van der Waals surface area contributed by atoms with Gasteiger partial charge in [0.25, 0.3) is 0 Å². The lowest BCUT2D eigenvalue weighted by Gasteiger charge is -2.16. The van der Waals surface area contributed by atoms with Crippen molar-refractivity contribution in [3.05, 3.63) is 84.1 Å². The molecule has 4 nitrogen and oxygen atoms in total. The van der Waals surface area contributed by atoms with Gasteiger partial charge in [0.1, 0.15) is 5.75 Å². The number of ether oxygens (including phenoxy) is 1. The van der Waals surface area contributed by atoms with Crippen LogP contribution in [0.25, 0.3) is 11.3 Å². The average molecular weight is 488 g/mol. The van der Waals surface area contributed by atoms with Crippen LogP contribution in [0, 0.1) is 17.8 Å². The molecule has 1 aliphatic carbocycles. The zero-order chi connectivity index (χ0) is 25.6. The fourth-order valence-electron chi connectivity index (χ4n) is 5.16. The molecule has 0 saturated heterocycles. The molecular formula is C32H45N3O. The molecule has 194 valence electrons. The Morgan fingerprint density at radius 3 is 2.39 bits per heavy atom. The van der Waals surface area contributed by atoms with Gasteiger partial charge >= 0.3 is 0 Å². The Hall–Kier alpha value is -2.69. The summed E-state index contributed by atoms with van der Waals surface area (Å²) in [6.07, 6.45) is 9.16. The molecule has 2 N–H and O–H groups in total. The van der Waals surface area contributed by atoms with Crippen molar-refractivity contribution in [3.63, 3.8) is 0 Å². The third-order valence-corrected chi connectivity index (χ3v) is 7.10. The molecule has 0 aliphatic heterocycles. The lowest BCUT2D eigenvalue weighted by Crippen LogP contribution is -2.14. The molecule has 1 aromatic heterocycles. The molecule has 0 spiro atoms. The Balaban J connectivity index is 0.000000236. The summed E-state index contributed by atoms with van der Waals surface area (Å²) in [4.78, 5) is 4.54. The fourth-order valence-corrected chi connectivity index (χ4v) is 5.16. The maximum absolute atomic E-state index is 5.24. The molecule has 0 radical (unpaired) electrons. The first kappa shape index (κ1) is 27.9. The van der Waals surface area contributed by atoms with Crippen molar-refractivity contribution in [1.29, 1.82) is 0 Å². The van der Waals surface area contributed by atoms with Gasteiger partial charge < -0.3 is 15.4 Å². The molecule has 2 aromatic carbocycles. The molecule has 0 amide bonds. The van der Waals surface area contributed by atoms with E-state index < -0.39 is 0 Å². The van der Waals surface area contributed by atoms with E-state index in [1.54, 1.807) is 7.11 Å². The second-order valence-corrected chi connectivity index (χ2v) is 10.4. The van der Waals surface area contributed by atoms with Gasteiger partial charge in [-0.3, -0.25) is 4.98 Å². The normalized spacial score (nSPS) is 19.6. The van der Waals surface area contributed by atoms with E-state index in [2.05, 4.69) is 66.8 Å². The summed E-state index contributed by atoms with van der Waals surface area (Å²) >= 11 is 0. The van der Waals surface area contributed by atoms with Crippen LogP contribution in [-0.2, 0) is 13.1 Å². The van der Waals surface area contributed by atoms with Gasteiger partial charge in [0.15, 0.2) is 0 Å². The van der Waals surface area contributed by atoms with Gasteiger partial charge in [0, 0.05) is 24.8 Å². The number of rotatable bonds is 9. The molecular weight excluding hydrogens is 442 g/mol. The number of hydrogen-bond donors (Lipinski definition) is 2. The molecule has 1 saturated carbocycles. The summed E-state index contributed by atoms with van der Waals surface area (Å²) in [7, 11) is 3.75. The highest BCUT2D eigenvalue weighted by Crippen LogP contribution is 2.32. The zero-order valence-electron chi connectivity index (χ0n) is 22.7. The molecule has 36 heavy (non-hydrogen) atoms. The summed E-state index contributed by atoms with van der Waals surface area (Å²) in [5.41, 5.74) is 4.52. The third kappa shape index (κ3) is 9.75. The SMILES string of the molecule is CNCCC1CCC(C)C[C@@H](C)C1.COc1cccc(CNCc2ccc(-c3ccccc3)nc2)c1. The Morgan fingerprint density at radius 1 is 0.861 bits per heavy atom. The largest absolute Gasteiger partial charge is 0.497 e. The Kier molecular flexibility index (Phi) is 12.0. The van der Waals surface area contributed by atoms with Gasteiger partial charge in [-0.25, -0.2) is 0 Å². The van der Waals surface area contributed by atoms with Gasteiger partial charge in [-0.15, -0.1) is 0 Å². The first-order valence-electron chi connectivity index (χ1n) is 13.6. The molecule has 3 atom stereocenters. The Morgan fingerprint density at radius 2 is 1.67 bits per heavy atom. The van der Waals surface area contributed by atoms with E-state index in [0.717, 1.165) is 47.9 Å². The van der Waals surface area contributed by atoms with E-state index in [0.29, 0.717) is 0 Å². The van der Waals surface area contributed by atoms with E-state index in [1.807, 2.05) is 42.6 Å². The van der Waals surface area contributed by atoms with Crippen LogP contribution in [0.4, 0.5) is 0 Å². The maximum atomic E-state index is 5.24. The number of nitrogens with zero attached hydrogens (tertiary/aromatic N) is 1. The quantitative estimate of drug-likeness (QED) is 0.316. The number of benzene rings is 2.